The van der Waals surface area contributed by atoms with Gasteiger partial charge in [-0.25, -0.2) is 13.8 Å². The van der Waals surface area contributed by atoms with E-state index in [2.05, 4.69) is 36.9 Å². The van der Waals surface area contributed by atoms with Gasteiger partial charge in [0.05, 0.1) is 34.2 Å². The first-order chi connectivity index (χ1) is 15.4. The molecule has 10 heteroatoms. The van der Waals surface area contributed by atoms with Gasteiger partial charge < -0.3 is 25.8 Å². The number of benzene rings is 1. The van der Waals surface area contributed by atoms with Gasteiger partial charge in [-0.1, -0.05) is 11.6 Å². The number of halogens is 3. The van der Waals surface area contributed by atoms with Crippen LogP contribution in [-0.4, -0.2) is 47.1 Å². The second-order valence-corrected chi connectivity index (χ2v) is 9.42. The minimum absolute atomic E-state index is 0.0665. The number of hydrogen-bond donors (Lipinski definition) is 4. The maximum Gasteiger partial charge on any atom is 0.251 e. The Kier molecular flexibility index (Phi) is 5.59. The van der Waals surface area contributed by atoms with E-state index in [1.165, 1.54) is 12.8 Å². The number of nitrogens with one attached hydrogen (secondary N) is 4. The number of alkyl halides is 2. The molecule has 32 heavy (non-hydrogen) atoms. The summed E-state index contributed by atoms with van der Waals surface area (Å²) in [4.78, 5) is 9.69. The Labute approximate surface area is 190 Å². The summed E-state index contributed by atoms with van der Waals surface area (Å²) in [6, 6.07) is 6.37. The molecule has 2 aromatic rings. The van der Waals surface area contributed by atoms with Crippen LogP contribution in [0.2, 0.25) is 5.02 Å². The molecule has 7 nitrogen and oxygen atoms in total. The molecule has 0 amide bonds. The Balaban J connectivity index is 1.25. The van der Waals surface area contributed by atoms with Crippen LogP contribution in [0.3, 0.4) is 0 Å². The Morgan fingerprint density at radius 1 is 1.12 bits per heavy atom. The van der Waals surface area contributed by atoms with Crippen LogP contribution in [0, 0.1) is 11.3 Å². The quantitative estimate of drug-likeness (QED) is 0.481. The van der Waals surface area contributed by atoms with Crippen LogP contribution in [-0.2, 0) is 0 Å². The highest BCUT2D eigenvalue weighted by Crippen LogP contribution is 2.39. The number of piperidine rings is 1. The van der Waals surface area contributed by atoms with Gasteiger partial charge in [-0.15, -0.1) is 0 Å². The first-order valence-electron chi connectivity index (χ1n) is 11.1. The Hall–Kier alpha value is -2.57. The van der Waals surface area contributed by atoms with Crippen LogP contribution in [0.4, 0.5) is 31.9 Å². The fourth-order valence-corrected chi connectivity index (χ4v) is 4.70. The summed E-state index contributed by atoms with van der Waals surface area (Å²) in [5.74, 6) is -1.10. The zero-order valence-electron chi connectivity index (χ0n) is 17.6. The van der Waals surface area contributed by atoms with Gasteiger partial charge in [-0.3, -0.25) is 0 Å². The molecule has 0 unspecified atom stereocenters. The Bertz CT molecular complexity index is 1010. The molecule has 5 rings (SSSR count). The highest BCUT2D eigenvalue weighted by Gasteiger charge is 2.45. The van der Waals surface area contributed by atoms with Crippen molar-refractivity contribution >= 4 is 34.7 Å². The van der Waals surface area contributed by atoms with Gasteiger partial charge in [0.15, 0.2) is 0 Å². The molecule has 0 atom stereocenters. The predicted molar refractivity (Wildman–Crippen MR) is 121 cm³/mol. The van der Waals surface area contributed by atoms with Gasteiger partial charge in [0, 0.05) is 44.1 Å². The molecule has 0 radical (unpaired) electrons. The number of anilines is 4. The Morgan fingerprint density at radius 3 is 2.53 bits per heavy atom. The molecule has 1 aliphatic heterocycles. The zero-order chi connectivity index (χ0) is 22.3. The van der Waals surface area contributed by atoms with Crippen molar-refractivity contribution in [1.82, 2.24) is 15.3 Å². The fourth-order valence-electron chi connectivity index (χ4n) is 4.43. The molecule has 3 aliphatic rings. The highest BCUT2D eigenvalue weighted by atomic mass is 35.5. The average molecular weight is 462 g/mol. The number of nitriles is 1. The topological polar surface area (TPSA) is 91.8 Å². The second kappa shape index (κ2) is 8.41. The van der Waals surface area contributed by atoms with Crippen molar-refractivity contribution in [3.8, 4) is 6.07 Å². The van der Waals surface area contributed by atoms with Gasteiger partial charge in [-0.2, -0.15) is 5.26 Å². The number of aromatic nitrogens is 2. The monoisotopic (exact) mass is 461 g/mol. The van der Waals surface area contributed by atoms with Crippen molar-refractivity contribution in [3.63, 3.8) is 0 Å². The summed E-state index contributed by atoms with van der Waals surface area (Å²) < 4.78 is 26.2. The molecule has 0 bridgehead atoms. The lowest BCUT2D eigenvalue weighted by Gasteiger charge is -2.41. The van der Waals surface area contributed by atoms with Gasteiger partial charge >= 0.3 is 0 Å². The maximum absolute atomic E-state index is 13.1. The lowest BCUT2D eigenvalue weighted by molar-refractivity contribution is -0.0951. The number of H-pyrrole nitrogens is 1. The lowest BCUT2D eigenvalue weighted by Crippen LogP contribution is -2.54. The number of rotatable bonds is 7. The molecule has 1 aromatic carbocycles. The summed E-state index contributed by atoms with van der Waals surface area (Å²) in [5.41, 5.74) is 1.92. The molecule has 4 N–H and O–H groups in total. The molecular formula is C22H26ClF2N7. The van der Waals surface area contributed by atoms with Crippen molar-refractivity contribution in [2.45, 2.75) is 62.6 Å². The fraction of sp³-hybridized carbons (Fsp3) is 0.545. The molecule has 1 saturated heterocycles. The molecule has 170 valence electrons. The smallest absolute Gasteiger partial charge is 0.251 e. The van der Waals surface area contributed by atoms with Crippen LogP contribution < -0.4 is 20.9 Å². The number of nitrogens with zero attached hydrogens (tertiary/aromatic N) is 3. The largest absolute Gasteiger partial charge is 0.370 e. The van der Waals surface area contributed by atoms with E-state index in [4.69, 9.17) is 11.6 Å². The molecule has 2 heterocycles. The van der Waals surface area contributed by atoms with Gasteiger partial charge in [0.25, 0.3) is 5.92 Å². The number of imidazole rings is 1. The van der Waals surface area contributed by atoms with Crippen LogP contribution in [0.5, 0.6) is 0 Å². The van der Waals surface area contributed by atoms with Gasteiger partial charge in [0.1, 0.15) is 5.82 Å². The van der Waals surface area contributed by atoms with Crippen LogP contribution >= 0.6 is 11.6 Å². The van der Waals surface area contributed by atoms with E-state index < -0.39 is 5.92 Å². The second-order valence-electron chi connectivity index (χ2n) is 9.05. The third-order valence-corrected chi connectivity index (χ3v) is 6.74. The molecule has 2 aliphatic carbocycles. The van der Waals surface area contributed by atoms with E-state index in [0.717, 1.165) is 37.4 Å². The van der Waals surface area contributed by atoms with E-state index in [-0.39, 0.29) is 24.9 Å². The summed E-state index contributed by atoms with van der Waals surface area (Å²) in [6.45, 7) is 1.48. The predicted octanol–water partition coefficient (Wildman–Crippen LogP) is 4.61. The summed E-state index contributed by atoms with van der Waals surface area (Å²) in [7, 11) is 0. The summed E-state index contributed by atoms with van der Waals surface area (Å²) in [5, 5.41) is 20.0. The average Bonchev–Trinajstić information content (AvgIpc) is 3.46. The van der Waals surface area contributed by atoms with E-state index in [0.29, 0.717) is 28.3 Å². The lowest BCUT2D eigenvalue weighted by atomic mass is 9.87. The SMILES string of the molecule is N#Cc1cc(Nc2ncc(NC3CC3)[nH]2)c(Cl)c(N2CCC(NC3CC(F)(F)C3)CC2)c1. The number of aromatic amines is 1. The maximum atomic E-state index is 13.1. The normalized spacial score (nSPS) is 21.1. The first kappa shape index (κ1) is 21.3. The van der Waals surface area contributed by atoms with Crippen molar-refractivity contribution in [1.29, 1.82) is 5.26 Å². The third-order valence-electron chi connectivity index (χ3n) is 6.35. The molecular weight excluding hydrogens is 436 g/mol. The van der Waals surface area contributed by atoms with Crippen molar-refractivity contribution in [3.05, 3.63) is 28.9 Å². The minimum atomic E-state index is -2.50. The first-order valence-corrected chi connectivity index (χ1v) is 11.5. The molecule has 2 saturated carbocycles. The standard InChI is InChI=1S/C22H26ClF2N7/c23-20-17(30-21-27-12-19(31-21)29-14-1-2-14)7-13(11-26)8-18(20)32-5-3-15(4-6-32)28-16-9-22(24,25)10-16/h7-8,12,14-16,28-29H,1-6,9-10H2,(H2,27,30,31). The van der Waals surface area contributed by atoms with Gasteiger partial charge in [0.2, 0.25) is 5.95 Å². The van der Waals surface area contributed by atoms with Crippen LogP contribution in [0.25, 0.3) is 0 Å². The summed E-state index contributed by atoms with van der Waals surface area (Å²) in [6.07, 6.45) is 5.62. The minimum Gasteiger partial charge on any atom is -0.370 e. The van der Waals surface area contributed by atoms with Gasteiger partial charge in [-0.05, 0) is 37.8 Å². The van der Waals surface area contributed by atoms with Crippen molar-refractivity contribution in [2.24, 2.45) is 0 Å². The number of hydrogen-bond acceptors (Lipinski definition) is 6. The molecule has 0 spiro atoms. The highest BCUT2D eigenvalue weighted by molar-refractivity contribution is 6.36. The van der Waals surface area contributed by atoms with Crippen LogP contribution in [0.1, 0.15) is 44.1 Å². The molecule has 1 aromatic heterocycles. The van der Waals surface area contributed by atoms with Crippen LogP contribution in [0.15, 0.2) is 18.3 Å². The van der Waals surface area contributed by atoms with E-state index >= 15 is 0 Å². The van der Waals surface area contributed by atoms with E-state index in [1.807, 2.05) is 0 Å². The van der Waals surface area contributed by atoms with E-state index in [1.54, 1.807) is 18.3 Å². The van der Waals surface area contributed by atoms with Crippen molar-refractivity contribution in [2.75, 3.05) is 28.6 Å². The summed E-state index contributed by atoms with van der Waals surface area (Å²) >= 11 is 6.74. The zero-order valence-corrected chi connectivity index (χ0v) is 18.4. The molecule has 3 fully saturated rings. The van der Waals surface area contributed by atoms with E-state index in [9.17, 15) is 14.0 Å². The Morgan fingerprint density at radius 2 is 1.88 bits per heavy atom. The van der Waals surface area contributed by atoms with Crippen molar-refractivity contribution < 1.29 is 8.78 Å². The third kappa shape index (κ3) is 4.76.